The molecule has 1 spiro atoms. The SMILES string of the molecule is N#Cc1cccc(CNc2c3c(nc4c(Cl)cnn24)C2(CCNCC2)CC3)c1. The second kappa shape index (κ2) is 6.77. The molecule has 0 unspecified atom stereocenters. The van der Waals surface area contributed by atoms with E-state index in [4.69, 9.17) is 21.8 Å². The number of halogens is 1. The van der Waals surface area contributed by atoms with Gasteiger partial charge in [0, 0.05) is 17.5 Å². The van der Waals surface area contributed by atoms with Gasteiger partial charge in [0.1, 0.15) is 10.8 Å². The lowest BCUT2D eigenvalue weighted by atomic mass is 9.77. The Labute approximate surface area is 168 Å². The standard InChI is InChI=1S/C21H21ClN6/c22-17-13-26-28-19(25-12-15-3-1-2-14(10-15)11-23)16-4-5-21(6-8-24-9-7-21)18(16)27-20(17)28/h1-3,10,13,24-25H,4-9,12H2. The predicted molar refractivity (Wildman–Crippen MR) is 109 cm³/mol. The van der Waals surface area contributed by atoms with Gasteiger partial charge in [-0.1, -0.05) is 23.7 Å². The van der Waals surface area contributed by atoms with Crippen LogP contribution in [-0.4, -0.2) is 27.7 Å². The Hall–Kier alpha value is -2.62. The number of fused-ring (bicyclic) bond motifs is 3. The molecule has 7 heteroatoms. The van der Waals surface area contributed by atoms with Crippen molar-refractivity contribution in [1.82, 2.24) is 19.9 Å². The first kappa shape index (κ1) is 17.5. The fourth-order valence-electron chi connectivity index (χ4n) is 4.67. The summed E-state index contributed by atoms with van der Waals surface area (Å²) in [5.74, 6) is 0.977. The first-order valence-electron chi connectivity index (χ1n) is 9.70. The number of nitrogens with zero attached hydrogens (tertiary/aromatic N) is 4. The topological polar surface area (TPSA) is 78.0 Å². The van der Waals surface area contributed by atoms with Crippen LogP contribution >= 0.6 is 11.6 Å². The fraction of sp³-hybridized carbons (Fsp3) is 0.381. The summed E-state index contributed by atoms with van der Waals surface area (Å²) in [6.45, 7) is 2.68. The smallest absolute Gasteiger partial charge is 0.176 e. The van der Waals surface area contributed by atoms with Gasteiger partial charge >= 0.3 is 0 Å². The number of aromatic nitrogens is 3. The Bertz CT molecular complexity index is 1090. The third-order valence-corrected chi connectivity index (χ3v) is 6.40. The van der Waals surface area contributed by atoms with Gasteiger partial charge in [-0.3, -0.25) is 0 Å². The zero-order valence-electron chi connectivity index (χ0n) is 15.5. The molecule has 142 valence electrons. The van der Waals surface area contributed by atoms with E-state index in [2.05, 4.69) is 21.8 Å². The summed E-state index contributed by atoms with van der Waals surface area (Å²) in [4.78, 5) is 4.99. The van der Waals surface area contributed by atoms with Gasteiger partial charge in [-0.15, -0.1) is 0 Å². The number of benzene rings is 1. The van der Waals surface area contributed by atoms with Crippen LogP contribution in [0.15, 0.2) is 30.5 Å². The Morgan fingerprint density at radius 2 is 2.14 bits per heavy atom. The third kappa shape index (κ3) is 2.74. The van der Waals surface area contributed by atoms with E-state index in [0.29, 0.717) is 22.8 Å². The second-order valence-corrected chi connectivity index (χ2v) is 8.12. The van der Waals surface area contributed by atoms with Crippen LogP contribution in [0.25, 0.3) is 5.65 Å². The third-order valence-electron chi connectivity index (χ3n) is 6.13. The van der Waals surface area contributed by atoms with Gasteiger partial charge in [-0.25, -0.2) is 4.98 Å². The van der Waals surface area contributed by atoms with Crippen LogP contribution in [-0.2, 0) is 18.4 Å². The van der Waals surface area contributed by atoms with Crippen LogP contribution < -0.4 is 10.6 Å². The van der Waals surface area contributed by atoms with Gasteiger partial charge in [-0.2, -0.15) is 14.9 Å². The molecule has 5 rings (SSSR count). The van der Waals surface area contributed by atoms with E-state index in [1.165, 1.54) is 11.3 Å². The summed E-state index contributed by atoms with van der Waals surface area (Å²) in [5, 5.41) is 21.2. The fourth-order valence-corrected chi connectivity index (χ4v) is 4.83. The molecule has 2 aromatic heterocycles. The van der Waals surface area contributed by atoms with Gasteiger partial charge < -0.3 is 10.6 Å². The molecule has 0 atom stereocenters. The van der Waals surface area contributed by atoms with Gasteiger partial charge in [0.25, 0.3) is 0 Å². The maximum absolute atomic E-state index is 9.15. The largest absolute Gasteiger partial charge is 0.366 e. The Morgan fingerprint density at radius 1 is 1.29 bits per heavy atom. The van der Waals surface area contributed by atoms with Crippen molar-refractivity contribution in [2.45, 2.75) is 37.6 Å². The van der Waals surface area contributed by atoms with Crippen molar-refractivity contribution in [3.8, 4) is 6.07 Å². The second-order valence-electron chi connectivity index (χ2n) is 7.71. The molecule has 2 aliphatic rings. The maximum Gasteiger partial charge on any atom is 0.176 e. The highest BCUT2D eigenvalue weighted by atomic mass is 35.5. The summed E-state index contributed by atoms with van der Waals surface area (Å²) in [6.07, 6.45) is 6.00. The number of anilines is 1. The normalized spacial score (nSPS) is 17.6. The lowest BCUT2D eigenvalue weighted by molar-refractivity contribution is 0.301. The molecule has 0 bridgehead atoms. The molecule has 1 aliphatic carbocycles. The molecule has 0 amide bonds. The lowest BCUT2D eigenvalue weighted by Crippen LogP contribution is -2.39. The highest BCUT2D eigenvalue weighted by Crippen LogP contribution is 2.46. The van der Waals surface area contributed by atoms with Crippen molar-refractivity contribution in [2.24, 2.45) is 0 Å². The zero-order valence-corrected chi connectivity index (χ0v) is 16.3. The molecule has 6 nitrogen and oxygen atoms in total. The average Bonchev–Trinajstić information content (AvgIpc) is 3.28. The van der Waals surface area contributed by atoms with E-state index in [9.17, 15) is 0 Å². The highest BCUT2D eigenvalue weighted by Gasteiger charge is 2.43. The summed E-state index contributed by atoms with van der Waals surface area (Å²) in [7, 11) is 0. The lowest BCUT2D eigenvalue weighted by Gasteiger charge is -2.34. The number of nitriles is 1. The first-order chi connectivity index (χ1) is 13.7. The van der Waals surface area contributed by atoms with Gasteiger partial charge in [-0.05, 0) is 56.5 Å². The van der Waals surface area contributed by atoms with Gasteiger partial charge in [0.05, 0.1) is 23.5 Å². The van der Waals surface area contributed by atoms with E-state index in [1.807, 2.05) is 28.8 Å². The van der Waals surface area contributed by atoms with Crippen LogP contribution in [0.1, 0.15) is 41.6 Å². The van der Waals surface area contributed by atoms with E-state index in [-0.39, 0.29) is 5.41 Å². The monoisotopic (exact) mass is 392 g/mol. The van der Waals surface area contributed by atoms with E-state index in [1.54, 1.807) is 6.20 Å². The molecule has 0 radical (unpaired) electrons. The van der Waals surface area contributed by atoms with Gasteiger partial charge in [0.15, 0.2) is 5.65 Å². The molecule has 1 aromatic carbocycles. The molecule has 3 heterocycles. The van der Waals surface area contributed by atoms with Crippen LogP contribution in [0.2, 0.25) is 5.02 Å². The van der Waals surface area contributed by atoms with Crippen LogP contribution in [0.5, 0.6) is 0 Å². The van der Waals surface area contributed by atoms with Crippen molar-refractivity contribution in [1.29, 1.82) is 5.26 Å². The maximum atomic E-state index is 9.15. The van der Waals surface area contributed by atoms with Crippen molar-refractivity contribution in [3.05, 3.63) is 57.9 Å². The highest BCUT2D eigenvalue weighted by molar-refractivity contribution is 6.33. The Morgan fingerprint density at radius 3 is 2.96 bits per heavy atom. The summed E-state index contributed by atoms with van der Waals surface area (Å²) in [5.41, 5.74) is 5.04. The van der Waals surface area contributed by atoms with Crippen molar-refractivity contribution in [2.75, 3.05) is 18.4 Å². The quantitative estimate of drug-likeness (QED) is 0.714. The molecule has 2 N–H and O–H groups in total. The predicted octanol–water partition coefficient (Wildman–Crippen LogP) is 3.43. The Balaban J connectivity index is 1.57. The summed E-state index contributed by atoms with van der Waals surface area (Å²) >= 11 is 6.41. The number of nitrogens with one attached hydrogen (secondary N) is 2. The Kier molecular flexibility index (Phi) is 4.22. The zero-order chi connectivity index (χ0) is 19.1. The first-order valence-corrected chi connectivity index (χ1v) is 10.1. The average molecular weight is 393 g/mol. The van der Waals surface area contributed by atoms with Crippen molar-refractivity contribution in [3.63, 3.8) is 0 Å². The summed E-state index contributed by atoms with van der Waals surface area (Å²) < 4.78 is 1.83. The van der Waals surface area contributed by atoms with E-state index < -0.39 is 0 Å². The molecule has 1 aliphatic heterocycles. The number of piperidine rings is 1. The molecule has 0 saturated carbocycles. The van der Waals surface area contributed by atoms with Crippen LogP contribution in [0.4, 0.5) is 5.82 Å². The van der Waals surface area contributed by atoms with Crippen molar-refractivity contribution >= 4 is 23.1 Å². The minimum Gasteiger partial charge on any atom is -0.366 e. The van der Waals surface area contributed by atoms with E-state index >= 15 is 0 Å². The summed E-state index contributed by atoms with van der Waals surface area (Å²) in [6, 6.07) is 9.87. The minimum atomic E-state index is 0.146. The number of rotatable bonds is 3. The minimum absolute atomic E-state index is 0.146. The van der Waals surface area contributed by atoms with E-state index in [0.717, 1.165) is 50.2 Å². The molecule has 28 heavy (non-hydrogen) atoms. The molecule has 1 fully saturated rings. The number of hydrogen-bond acceptors (Lipinski definition) is 5. The molecule has 3 aromatic rings. The van der Waals surface area contributed by atoms with Crippen LogP contribution in [0, 0.1) is 11.3 Å². The molecular formula is C21H21ClN6. The van der Waals surface area contributed by atoms with Gasteiger partial charge in [0.2, 0.25) is 0 Å². The molecular weight excluding hydrogens is 372 g/mol. The molecule has 1 saturated heterocycles. The number of hydrogen-bond donors (Lipinski definition) is 2. The van der Waals surface area contributed by atoms with Crippen molar-refractivity contribution < 1.29 is 0 Å². The van der Waals surface area contributed by atoms with Crippen LogP contribution in [0.3, 0.4) is 0 Å².